The van der Waals surface area contributed by atoms with Crippen molar-refractivity contribution in [3.05, 3.63) is 95.7 Å². The van der Waals surface area contributed by atoms with E-state index in [1.54, 1.807) is 43.5 Å². The molecule has 0 unspecified atom stereocenters. The van der Waals surface area contributed by atoms with E-state index >= 15 is 0 Å². The monoisotopic (exact) mass is 456 g/mol. The molecule has 0 saturated heterocycles. The number of H-pyrrole nitrogens is 1. The van der Waals surface area contributed by atoms with Gasteiger partial charge in [-0.1, -0.05) is 30.3 Å². The van der Waals surface area contributed by atoms with Gasteiger partial charge in [0, 0.05) is 29.2 Å². The van der Waals surface area contributed by atoms with E-state index in [1.165, 1.54) is 12.1 Å². The number of fused-ring (bicyclic) bond motifs is 1. The fourth-order valence-electron chi connectivity index (χ4n) is 3.53. The first kappa shape index (κ1) is 22.8. The van der Waals surface area contributed by atoms with Crippen LogP contribution in [0.1, 0.15) is 39.6 Å². The molecule has 0 spiro atoms. The van der Waals surface area contributed by atoms with Crippen LogP contribution < -0.4 is 10.1 Å². The van der Waals surface area contributed by atoms with Crippen LogP contribution in [0.2, 0.25) is 0 Å². The Balaban J connectivity index is 1.42. The molecule has 7 nitrogen and oxygen atoms in total. The fourth-order valence-corrected chi connectivity index (χ4v) is 3.53. The molecule has 172 valence electrons. The third-order valence-corrected chi connectivity index (χ3v) is 5.24. The van der Waals surface area contributed by atoms with Crippen molar-refractivity contribution in [2.45, 2.75) is 19.8 Å². The number of ether oxygens (including phenoxy) is 2. The second-order valence-corrected chi connectivity index (χ2v) is 7.63. The number of esters is 2. The molecule has 7 heteroatoms. The summed E-state index contributed by atoms with van der Waals surface area (Å²) in [7, 11) is 0. The van der Waals surface area contributed by atoms with Crippen molar-refractivity contribution >= 4 is 34.4 Å². The number of nitrogens with one attached hydrogen (secondary N) is 2. The summed E-state index contributed by atoms with van der Waals surface area (Å²) in [6.07, 6.45) is 2.57. The number of carbonyl (C=O) groups excluding carboxylic acids is 3. The molecule has 4 rings (SSSR count). The maximum atomic E-state index is 12.8. The Kier molecular flexibility index (Phi) is 7.03. The molecule has 3 aromatic carbocycles. The van der Waals surface area contributed by atoms with Gasteiger partial charge in [0.2, 0.25) is 5.91 Å². The average Bonchev–Trinajstić information content (AvgIpc) is 3.27. The van der Waals surface area contributed by atoms with E-state index in [0.717, 1.165) is 11.1 Å². The molecule has 34 heavy (non-hydrogen) atoms. The summed E-state index contributed by atoms with van der Waals surface area (Å²) in [5.74, 6) is -0.791. The van der Waals surface area contributed by atoms with Crippen molar-refractivity contribution in [2.75, 3.05) is 11.9 Å². The lowest BCUT2D eigenvalue weighted by molar-refractivity contribution is -0.116. The van der Waals surface area contributed by atoms with Gasteiger partial charge in [0.05, 0.1) is 17.7 Å². The lowest BCUT2D eigenvalue weighted by atomic mass is 10.1. The minimum atomic E-state index is -0.553. The molecule has 1 aromatic heterocycles. The van der Waals surface area contributed by atoms with E-state index in [4.69, 9.17) is 9.47 Å². The zero-order valence-corrected chi connectivity index (χ0v) is 18.7. The zero-order valence-electron chi connectivity index (χ0n) is 18.7. The van der Waals surface area contributed by atoms with Crippen molar-refractivity contribution in [3.8, 4) is 5.75 Å². The van der Waals surface area contributed by atoms with E-state index in [9.17, 15) is 14.4 Å². The molecule has 0 fully saturated rings. The Morgan fingerprint density at radius 2 is 1.68 bits per heavy atom. The summed E-state index contributed by atoms with van der Waals surface area (Å²) < 4.78 is 10.4. The van der Waals surface area contributed by atoms with Gasteiger partial charge in [-0.25, -0.2) is 9.59 Å². The summed E-state index contributed by atoms with van der Waals surface area (Å²) in [6.45, 7) is 2.02. The maximum absolute atomic E-state index is 12.8. The van der Waals surface area contributed by atoms with Crippen LogP contribution in [0.3, 0.4) is 0 Å². The Labute approximate surface area is 196 Å². The lowest BCUT2D eigenvalue weighted by Crippen LogP contribution is -2.12. The number of aryl methyl sites for hydroxylation is 1. The van der Waals surface area contributed by atoms with Crippen LogP contribution in [0.4, 0.5) is 5.69 Å². The Morgan fingerprint density at radius 3 is 2.41 bits per heavy atom. The summed E-state index contributed by atoms with van der Waals surface area (Å²) in [6, 6.07) is 21.3. The van der Waals surface area contributed by atoms with Crippen LogP contribution in [0, 0.1) is 0 Å². The highest BCUT2D eigenvalue weighted by molar-refractivity contribution is 6.06. The van der Waals surface area contributed by atoms with Crippen LogP contribution in [-0.2, 0) is 16.0 Å². The molecule has 0 bridgehead atoms. The van der Waals surface area contributed by atoms with E-state index < -0.39 is 11.9 Å². The first-order chi connectivity index (χ1) is 16.5. The van der Waals surface area contributed by atoms with Crippen LogP contribution in [-0.4, -0.2) is 29.4 Å². The van der Waals surface area contributed by atoms with Crippen molar-refractivity contribution in [3.63, 3.8) is 0 Å². The second-order valence-electron chi connectivity index (χ2n) is 7.63. The van der Waals surface area contributed by atoms with Gasteiger partial charge in [-0.15, -0.1) is 0 Å². The van der Waals surface area contributed by atoms with Crippen LogP contribution in [0.25, 0.3) is 10.9 Å². The van der Waals surface area contributed by atoms with Gasteiger partial charge in [-0.3, -0.25) is 4.79 Å². The minimum absolute atomic E-state index is 0.107. The van der Waals surface area contributed by atoms with E-state index in [-0.39, 0.29) is 12.5 Å². The van der Waals surface area contributed by atoms with E-state index in [2.05, 4.69) is 10.3 Å². The summed E-state index contributed by atoms with van der Waals surface area (Å²) in [5, 5.41) is 3.52. The number of anilines is 1. The molecule has 2 N–H and O–H groups in total. The molecule has 0 saturated carbocycles. The number of hydrogen-bond donors (Lipinski definition) is 2. The molecular formula is C27H24N2O5. The summed E-state index contributed by atoms with van der Waals surface area (Å²) in [5.41, 5.74) is 3.15. The standard InChI is InChI=1S/C27H24N2O5/c1-2-33-26(31)19-9-12-21(13-10-19)34-27(32)23-17-28-24-14-11-20(16-22(23)24)29-25(30)15-8-18-6-4-3-5-7-18/h3-7,9-14,16-17,28H,2,8,15H2,1H3,(H,29,30). The van der Waals surface area contributed by atoms with Crippen molar-refractivity contribution < 1.29 is 23.9 Å². The highest BCUT2D eigenvalue weighted by Gasteiger charge is 2.16. The normalized spacial score (nSPS) is 10.6. The third kappa shape index (κ3) is 5.50. The fraction of sp³-hybridized carbons (Fsp3) is 0.148. The third-order valence-electron chi connectivity index (χ3n) is 5.24. The predicted molar refractivity (Wildman–Crippen MR) is 129 cm³/mol. The van der Waals surface area contributed by atoms with Crippen molar-refractivity contribution in [1.29, 1.82) is 0 Å². The van der Waals surface area contributed by atoms with Gasteiger partial charge in [0.15, 0.2) is 0 Å². The molecular weight excluding hydrogens is 432 g/mol. The highest BCUT2D eigenvalue weighted by atomic mass is 16.5. The largest absolute Gasteiger partial charge is 0.462 e. The van der Waals surface area contributed by atoms with Crippen LogP contribution in [0.5, 0.6) is 5.75 Å². The van der Waals surface area contributed by atoms with Crippen LogP contribution >= 0.6 is 0 Å². The molecule has 1 heterocycles. The lowest BCUT2D eigenvalue weighted by Gasteiger charge is -2.07. The average molecular weight is 456 g/mol. The number of rotatable bonds is 8. The molecule has 0 aliphatic heterocycles. The molecule has 0 radical (unpaired) electrons. The number of carbonyl (C=O) groups is 3. The van der Waals surface area contributed by atoms with E-state index in [0.29, 0.717) is 40.8 Å². The Bertz CT molecular complexity index is 1310. The minimum Gasteiger partial charge on any atom is -0.462 e. The van der Waals surface area contributed by atoms with Crippen molar-refractivity contribution in [2.24, 2.45) is 0 Å². The molecule has 0 aliphatic carbocycles. The van der Waals surface area contributed by atoms with Gasteiger partial charge >= 0.3 is 11.9 Å². The van der Waals surface area contributed by atoms with Gasteiger partial charge in [-0.05, 0) is 61.4 Å². The maximum Gasteiger partial charge on any atom is 0.345 e. The molecule has 4 aromatic rings. The van der Waals surface area contributed by atoms with Gasteiger partial charge < -0.3 is 19.8 Å². The highest BCUT2D eigenvalue weighted by Crippen LogP contribution is 2.24. The SMILES string of the molecule is CCOC(=O)c1ccc(OC(=O)c2c[nH]c3ccc(NC(=O)CCc4ccccc4)cc23)cc1. The molecule has 0 aliphatic rings. The summed E-state index contributed by atoms with van der Waals surface area (Å²) in [4.78, 5) is 40.0. The number of aromatic amines is 1. The zero-order chi connectivity index (χ0) is 23.9. The number of hydrogen-bond acceptors (Lipinski definition) is 5. The number of amides is 1. The predicted octanol–water partition coefficient (Wildman–Crippen LogP) is 5.14. The van der Waals surface area contributed by atoms with Gasteiger partial charge in [0.25, 0.3) is 0 Å². The quantitative estimate of drug-likeness (QED) is 0.283. The van der Waals surface area contributed by atoms with Gasteiger partial charge in [-0.2, -0.15) is 0 Å². The molecule has 1 amide bonds. The number of aromatic nitrogens is 1. The Hall–Kier alpha value is -4.39. The van der Waals surface area contributed by atoms with Crippen molar-refractivity contribution in [1.82, 2.24) is 4.98 Å². The topological polar surface area (TPSA) is 97.5 Å². The smallest absolute Gasteiger partial charge is 0.345 e. The second kappa shape index (κ2) is 10.5. The summed E-state index contributed by atoms with van der Waals surface area (Å²) >= 11 is 0. The molecule has 0 atom stereocenters. The first-order valence-corrected chi connectivity index (χ1v) is 11.0. The first-order valence-electron chi connectivity index (χ1n) is 11.0. The van der Waals surface area contributed by atoms with E-state index in [1.807, 2.05) is 30.3 Å². The Morgan fingerprint density at radius 1 is 0.912 bits per heavy atom. The number of benzene rings is 3. The van der Waals surface area contributed by atoms with Crippen LogP contribution in [0.15, 0.2) is 79.0 Å². The van der Waals surface area contributed by atoms with Gasteiger partial charge in [0.1, 0.15) is 5.75 Å².